The van der Waals surface area contributed by atoms with Crippen molar-refractivity contribution < 1.29 is 9.90 Å². The summed E-state index contributed by atoms with van der Waals surface area (Å²) in [7, 11) is 0. The summed E-state index contributed by atoms with van der Waals surface area (Å²) in [6.45, 7) is 5.70. The Labute approximate surface area is 146 Å². The molecule has 24 heavy (non-hydrogen) atoms. The minimum Gasteiger partial charge on any atom is -0.381 e. The monoisotopic (exact) mass is 339 g/mol. The van der Waals surface area contributed by atoms with Gasteiger partial charge in [-0.15, -0.1) is 0 Å². The van der Waals surface area contributed by atoms with Crippen LogP contribution >= 0.6 is 11.6 Å². The summed E-state index contributed by atoms with van der Waals surface area (Å²) < 4.78 is 0. The van der Waals surface area contributed by atoms with Gasteiger partial charge < -0.3 is 10.0 Å². The van der Waals surface area contributed by atoms with Crippen molar-refractivity contribution in [2.75, 3.05) is 11.4 Å². The molecule has 0 spiro atoms. The van der Waals surface area contributed by atoms with Crippen molar-refractivity contribution in [3.8, 4) is 0 Å². The lowest BCUT2D eigenvalue weighted by atomic mass is 9.82. The first-order valence-electron chi connectivity index (χ1n) is 7.65. The fraction of sp³-hybridized carbons (Fsp3) is 0.150. The summed E-state index contributed by atoms with van der Waals surface area (Å²) >= 11 is 6.23. The molecule has 0 saturated carbocycles. The van der Waals surface area contributed by atoms with Crippen LogP contribution in [0.2, 0.25) is 5.02 Å². The van der Waals surface area contributed by atoms with Crippen molar-refractivity contribution in [1.82, 2.24) is 0 Å². The smallest absolute Gasteiger partial charge is 0.257 e. The third-order valence-electron chi connectivity index (χ3n) is 4.35. The zero-order valence-corrected chi connectivity index (χ0v) is 14.1. The Morgan fingerprint density at radius 2 is 1.79 bits per heavy atom. The lowest BCUT2D eigenvalue weighted by Crippen LogP contribution is -2.50. The summed E-state index contributed by atoms with van der Waals surface area (Å²) in [4.78, 5) is 14.2. The van der Waals surface area contributed by atoms with Crippen molar-refractivity contribution >= 4 is 29.3 Å². The van der Waals surface area contributed by atoms with Crippen molar-refractivity contribution in [2.45, 2.75) is 12.5 Å². The molecule has 2 aromatic rings. The molecule has 0 aliphatic carbocycles. The van der Waals surface area contributed by atoms with E-state index >= 15 is 0 Å². The number of aliphatic hydroxyl groups is 1. The number of nitrogens with zero attached hydrogens (tertiary/aromatic N) is 1. The summed E-state index contributed by atoms with van der Waals surface area (Å²) in [6, 6.07) is 16.7. The Bertz CT molecular complexity index is 825. The van der Waals surface area contributed by atoms with Crippen molar-refractivity contribution in [3.05, 3.63) is 82.9 Å². The minimum absolute atomic E-state index is 0.149. The molecule has 2 aromatic carbocycles. The number of carbonyl (C=O) groups excluding carboxylic acids is 1. The number of carbonyl (C=O) groups is 1. The Kier molecular flexibility index (Phi) is 4.31. The second kappa shape index (κ2) is 6.27. The van der Waals surface area contributed by atoms with Gasteiger partial charge in [-0.1, -0.05) is 54.6 Å². The number of benzene rings is 2. The number of rotatable bonds is 2. The third kappa shape index (κ3) is 2.88. The van der Waals surface area contributed by atoms with Gasteiger partial charge in [0.15, 0.2) is 0 Å². The Morgan fingerprint density at radius 3 is 2.46 bits per heavy atom. The van der Waals surface area contributed by atoms with E-state index in [2.05, 4.69) is 6.58 Å². The maximum atomic E-state index is 12.6. The van der Waals surface area contributed by atoms with Crippen LogP contribution in [0, 0.1) is 0 Å². The molecule has 1 unspecified atom stereocenters. The highest BCUT2D eigenvalue weighted by molar-refractivity contribution is 6.32. The molecule has 3 rings (SSSR count). The molecule has 0 aromatic heterocycles. The quantitative estimate of drug-likeness (QED) is 0.838. The standard InChI is InChI=1S/C20H18ClNO2/c1-14-19(23)22(17-9-4-3-5-10-17)13-16(20(14,2)24)12-15-8-6-7-11-18(15)21/h3-12,24H,1,13H2,2H3/b16-12+. The van der Waals surface area contributed by atoms with E-state index in [9.17, 15) is 9.90 Å². The number of piperidine rings is 1. The average molecular weight is 340 g/mol. The molecule has 122 valence electrons. The van der Waals surface area contributed by atoms with Crippen molar-refractivity contribution in [2.24, 2.45) is 0 Å². The van der Waals surface area contributed by atoms with Gasteiger partial charge in [0.1, 0.15) is 5.60 Å². The topological polar surface area (TPSA) is 40.5 Å². The SMILES string of the molecule is C=C1C(=O)N(c2ccccc2)C/C(=C\c2ccccc2Cl)C1(C)O. The Hall–Kier alpha value is -2.36. The number of anilines is 1. The van der Waals surface area contributed by atoms with Crippen LogP contribution in [0.3, 0.4) is 0 Å². The van der Waals surface area contributed by atoms with Gasteiger partial charge in [-0.3, -0.25) is 4.79 Å². The highest BCUT2D eigenvalue weighted by Crippen LogP contribution is 2.36. The van der Waals surface area contributed by atoms with E-state index in [4.69, 9.17) is 11.6 Å². The van der Waals surface area contributed by atoms with Crippen LogP contribution in [0.25, 0.3) is 6.08 Å². The van der Waals surface area contributed by atoms with E-state index < -0.39 is 5.60 Å². The number of hydrogen-bond acceptors (Lipinski definition) is 2. The highest BCUT2D eigenvalue weighted by atomic mass is 35.5. The van der Waals surface area contributed by atoms with Crippen LogP contribution in [0.15, 0.2) is 72.3 Å². The molecule has 1 N–H and O–H groups in total. The summed E-state index contributed by atoms with van der Waals surface area (Å²) in [5, 5.41) is 11.4. The molecule has 1 amide bonds. The van der Waals surface area contributed by atoms with E-state index in [0.29, 0.717) is 10.6 Å². The van der Waals surface area contributed by atoms with Gasteiger partial charge in [-0.2, -0.15) is 0 Å². The molecule has 1 saturated heterocycles. The number of hydrogen-bond donors (Lipinski definition) is 1. The molecule has 0 radical (unpaired) electrons. The molecule has 3 nitrogen and oxygen atoms in total. The van der Waals surface area contributed by atoms with Crippen molar-refractivity contribution in [3.63, 3.8) is 0 Å². The normalized spacial score (nSPS) is 23.0. The van der Waals surface area contributed by atoms with Gasteiger partial charge in [0.05, 0.1) is 6.54 Å². The van der Waals surface area contributed by atoms with E-state index in [-0.39, 0.29) is 18.0 Å². The van der Waals surface area contributed by atoms with E-state index in [0.717, 1.165) is 11.3 Å². The fourth-order valence-electron chi connectivity index (χ4n) is 2.74. The first kappa shape index (κ1) is 16.5. The third-order valence-corrected chi connectivity index (χ3v) is 4.69. The van der Waals surface area contributed by atoms with E-state index in [1.165, 1.54) is 0 Å². The highest BCUT2D eigenvalue weighted by Gasteiger charge is 2.41. The van der Waals surface area contributed by atoms with Gasteiger partial charge in [0.25, 0.3) is 5.91 Å². The predicted molar refractivity (Wildman–Crippen MR) is 98.0 cm³/mol. The van der Waals surface area contributed by atoms with Gasteiger partial charge >= 0.3 is 0 Å². The van der Waals surface area contributed by atoms with E-state index in [1.807, 2.05) is 54.6 Å². The largest absolute Gasteiger partial charge is 0.381 e. The number of amides is 1. The number of halogens is 1. The molecule has 0 bridgehead atoms. The van der Waals surface area contributed by atoms with E-state index in [1.54, 1.807) is 17.9 Å². The Morgan fingerprint density at radius 1 is 1.17 bits per heavy atom. The summed E-state index contributed by atoms with van der Waals surface area (Å²) in [5.41, 5.74) is 0.982. The van der Waals surface area contributed by atoms with Crippen LogP contribution in [0.4, 0.5) is 5.69 Å². The molecular weight excluding hydrogens is 322 g/mol. The van der Waals surface area contributed by atoms with Gasteiger partial charge in [0, 0.05) is 16.3 Å². The lowest BCUT2D eigenvalue weighted by Gasteiger charge is -2.39. The van der Waals surface area contributed by atoms with Gasteiger partial charge in [-0.05, 0) is 42.3 Å². The van der Waals surface area contributed by atoms with Gasteiger partial charge in [-0.25, -0.2) is 0 Å². The molecule has 1 aliphatic rings. The van der Waals surface area contributed by atoms with Crippen molar-refractivity contribution in [1.29, 1.82) is 0 Å². The zero-order valence-electron chi connectivity index (χ0n) is 13.4. The molecule has 1 fully saturated rings. The number of para-hydroxylation sites is 1. The first-order chi connectivity index (χ1) is 11.4. The van der Waals surface area contributed by atoms with Gasteiger partial charge in [0.2, 0.25) is 0 Å². The van der Waals surface area contributed by atoms with Crippen LogP contribution in [0.1, 0.15) is 12.5 Å². The molecular formula is C20H18ClNO2. The summed E-state index contributed by atoms with van der Waals surface area (Å²) in [5.74, 6) is -0.275. The molecule has 4 heteroatoms. The minimum atomic E-state index is -1.40. The zero-order chi connectivity index (χ0) is 17.3. The molecule has 1 heterocycles. The van der Waals surface area contributed by atoms with Crippen LogP contribution in [0.5, 0.6) is 0 Å². The Balaban J connectivity index is 2.06. The maximum absolute atomic E-state index is 12.6. The van der Waals surface area contributed by atoms with Crippen LogP contribution in [-0.4, -0.2) is 23.2 Å². The second-order valence-corrected chi connectivity index (χ2v) is 6.38. The average Bonchev–Trinajstić information content (AvgIpc) is 2.58. The lowest BCUT2D eigenvalue weighted by molar-refractivity contribution is -0.117. The van der Waals surface area contributed by atoms with Crippen LogP contribution < -0.4 is 4.90 Å². The predicted octanol–water partition coefficient (Wildman–Crippen LogP) is 4.08. The molecule has 1 atom stereocenters. The fourth-order valence-corrected chi connectivity index (χ4v) is 2.93. The first-order valence-corrected chi connectivity index (χ1v) is 8.03. The maximum Gasteiger partial charge on any atom is 0.257 e. The molecule has 1 aliphatic heterocycles. The summed E-state index contributed by atoms with van der Waals surface area (Å²) in [6.07, 6.45) is 1.83. The van der Waals surface area contributed by atoms with Crippen LogP contribution in [-0.2, 0) is 4.79 Å². The second-order valence-electron chi connectivity index (χ2n) is 5.97.